The Labute approximate surface area is 117 Å². The van der Waals surface area contributed by atoms with Crippen molar-refractivity contribution in [2.24, 2.45) is 0 Å². The standard InChI is InChI=1S/C15H18N4O/c1-11(2)19-10-16-6-13(19)8-18-7-12(9-20)14-4-3-5-17-15(14)18/h3-7,10-11,20H,8-9H2,1-2H3. The van der Waals surface area contributed by atoms with Crippen molar-refractivity contribution in [3.05, 3.63) is 48.3 Å². The molecule has 5 heteroatoms. The third kappa shape index (κ3) is 2.10. The Morgan fingerprint density at radius 1 is 1.35 bits per heavy atom. The Kier molecular flexibility index (Phi) is 3.28. The summed E-state index contributed by atoms with van der Waals surface area (Å²) in [6, 6.07) is 4.26. The predicted octanol–water partition coefficient (Wildman–Crippen LogP) is 2.35. The molecule has 3 aromatic heterocycles. The van der Waals surface area contributed by atoms with E-state index in [9.17, 15) is 5.11 Å². The molecule has 0 atom stereocenters. The number of aromatic nitrogens is 4. The molecule has 0 aliphatic carbocycles. The van der Waals surface area contributed by atoms with Gasteiger partial charge in [0.1, 0.15) is 5.65 Å². The van der Waals surface area contributed by atoms with Crippen LogP contribution in [0.5, 0.6) is 0 Å². The van der Waals surface area contributed by atoms with Crippen molar-refractivity contribution < 1.29 is 5.11 Å². The summed E-state index contributed by atoms with van der Waals surface area (Å²) >= 11 is 0. The summed E-state index contributed by atoms with van der Waals surface area (Å²) in [5.41, 5.74) is 2.93. The lowest BCUT2D eigenvalue weighted by atomic mass is 10.2. The van der Waals surface area contributed by atoms with Crippen LogP contribution in [0.2, 0.25) is 0 Å². The van der Waals surface area contributed by atoms with E-state index in [2.05, 4.69) is 32.9 Å². The number of fused-ring (bicyclic) bond motifs is 1. The first-order valence-corrected chi connectivity index (χ1v) is 6.75. The number of aliphatic hydroxyl groups is 1. The lowest BCUT2D eigenvalue weighted by Crippen LogP contribution is -2.08. The number of aliphatic hydroxyl groups excluding tert-OH is 1. The number of hydrogen-bond acceptors (Lipinski definition) is 3. The van der Waals surface area contributed by atoms with Gasteiger partial charge in [-0.25, -0.2) is 9.97 Å². The predicted molar refractivity (Wildman–Crippen MR) is 77.4 cm³/mol. The molecule has 104 valence electrons. The van der Waals surface area contributed by atoms with Crippen molar-refractivity contribution in [3.8, 4) is 0 Å². The summed E-state index contributed by atoms with van der Waals surface area (Å²) < 4.78 is 4.21. The zero-order valence-electron chi connectivity index (χ0n) is 11.7. The average molecular weight is 270 g/mol. The fraction of sp³-hybridized carbons (Fsp3) is 0.333. The number of hydrogen-bond donors (Lipinski definition) is 1. The Morgan fingerprint density at radius 2 is 2.20 bits per heavy atom. The molecule has 3 heterocycles. The smallest absolute Gasteiger partial charge is 0.140 e. The van der Waals surface area contributed by atoms with Crippen molar-refractivity contribution in [1.29, 1.82) is 0 Å². The van der Waals surface area contributed by atoms with Crippen molar-refractivity contribution >= 4 is 11.0 Å². The van der Waals surface area contributed by atoms with Gasteiger partial charge in [0, 0.05) is 35.6 Å². The second kappa shape index (κ2) is 5.09. The maximum atomic E-state index is 9.46. The largest absolute Gasteiger partial charge is 0.392 e. The Bertz CT molecular complexity index is 726. The number of nitrogens with zero attached hydrogens (tertiary/aromatic N) is 4. The molecule has 0 aromatic carbocycles. The highest BCUT2D eigenvalue weighted by atomic mass is 16.3. The highest BCUT2D eigenvalue weighted by Crippen LogP contribution is 2.21. The average Bonchev–Trinajstić information content (AvgIpc) is 3.04. The van der Waals surface area contributed by atoms with E-state index in [0.717, 1.165) is 22.3 Å². The van der Waals surface area contributed by atoms with Crippen LogP contribution in [-0.2, 0) is 13.2 Å². The first kappa shape index (κ1) is 12.9. The molecule has 0 spiro atoms. The Balaban J connectivity index is 2.05. The Morgan fingerprint density at radius 3 is 2.95 bits per heavy atom. The fourth-order valence-electron chi connectivity index (χ4n) is 2.54. The first-order chi connectivity index (χ1) is 9.70. The molecular formula is C15H18N4O. The van der Waals surface area contributed by atoms with Gasteiger partial charge < -0.3 is 14.2 Å². The summed E-state index contributed by atoms with van der Waals surface area (Å²) in [6.45, 7) is 5.00. The van der Waals surface area contributed by atoms with Crippen molar-refractivity contribution in [2.75, 3.05) is 0 Å². The van der Waals surface area contributed by atoms with Crippen molar-refractivity contribution in [1.82, 2.24) is 19.1 Å². The van der Waals surface area contributed by atoms with Gasteiger partial charge >= 0.3 is 0 Å². The maximum absolute atomic E-state index is 9.46. The molecule has 0 saturated heterocycles. The van der Waals surface area contributed by atoms with Gasteiger partial charge in [0.15, 0.2) is 0 Å². The summed E-state index contributed by atoms with van der Waals surface area (Å²) in [5, 5.41) is 10.5. The van der Waals surface area contributed by atoms with Crippen molar-refractivity contribution in [3.63, 3.8) is 0 Å². The molecule has 0 bridgehead atoms. The molecule has 1 N–H and O–H groups in total. The van der Waals surface area contributed by atoms with Gasteiger partial charge in [-0.05, 0) is 26.0 Å². The minimum Gasteiger partial charge on any atom is -0.392 e. The van der Waals surface area contributed by atoms with Crippen LogP contribution in [0, 0.1) is 0 Å². The van der Waals surface area contributed by atoms with Crippen LogP contribution in [0.4, 0.5) is 0 Å². The minimum atomic E-state index is 0.0264. The molecule has 0 radical (unpaired) electrons. The van der Waals surface area contributed by atoms with Gasteiger partial charge in [-0.15, -0.1) is 0 Å². The topological polar surface area (TPSA) is 55.9 Å². The molecule has 0 aliphatic heterocycles. The summed E-state index contributed by atoms with van der Waals surface area (Å²) in [5.74, 6) is 0. The van der Waals surface area contributed by atoms with Crippen LogP contribution in [0.3, 0.4) is 0 Å². The van der Waals surface area contributed by atoms with E-state index in [1.165, 1.54) is 0 Å². The molecule has 0 fully saturated rings. The third-order valence-electron chi connectivity index (χ3n) is 3.52. The molecule has 3 rings (SSSR count). The highest BCUT2D eigenvalue weighted by Gasteiger charge is 2.11. The zero-order valence-corrected chi connectivity index (χ0v) is 11.7. The SMILES string of the molecule is CC(C)n1cncc1Cn1cc(CO)c2cccnc21. The van der Waals surface area contributed by atoms with Crippen LogP contribution >= 0.6 is 0 Å². The number of pyridine rings is 1. The van der Waals surface area contributed by atoms with E-state index in [4.69, 9.17) is 0 Å². The second-order valence-electron chi connectivity index (χ2n) is 5.20. The van der Waals surface area contributed by atoms with E-state index in [-0.39, 0.29) is 6.61 Å². The quantitative estimate of drug-likeness (QED) is 0.791. The van der Waals surface area contributed by atoms with Gasteiger partial charge in [0.2, 0.25) is 0 Å². The molecule has 0 saturated carbocycles. The molecule has 5 nitrogen and oxygen atoms in total. The van der Waals surface area contributed by atoms with E-state index in [1.54, 1.807) is 6.20 Å². The normalized spacial score (nSPS) is 11.6. The third-order valence-corrected chi connectivity index (χ3v) is 3.52. The summed E-state index contributed by atoms with van der Waals surface area (Å²) in [7, 11) is 0. The van der Waals surface area contributed by atoms with Gasteiger partial charge in [-0.1, -0.05) is 0 Å². The summed E-state index contributed by atoms with van der Waals surface area (Å²) in [6.07, 6.45) is 7.48. The first-order valence-electron chi connectivity index (χ1n) is 6.75. The summed E-state index contributed by atoms with van der Waals surface area (Å²) in [4.78, 5) is 8.65. The number of rotatable bonds is 4. The molecular weight excluding hydrogens is 252 g/mol. The highest BCUT2D eigenvalue weighted by molar-refractivity contribution is 5.80. The van der Waals surface area contributed by atoms with E-state index < -0.39 is 0 Å². The zero-order chi connectivity index (χ0) is 14.1. The van der Waals surface area contributed by atoms with E-state index >= 15 is 0 Å². The monoisotopic (exact) mass is 270 g/mol. The van der Waals surface area contributed by atoms with Gasteiger partial charge in [-0.3, -0.25) is 0 Å². The molecule has 0 amide bonds. The molecule has 0 unspecified atom stereocenters. The molecule has 0 aliphatic rings. The van der Waals surface area contributed by atoms with Gasteiger partial charge in [0.05, 0.1) is 25.2 Å². The van der Waals surface area contributed by atoms with E-state index in [1.807, 2.05) is 30.9 Å². The van der Waals surface area contributed by atoms with Crippen LogP contribution in [-0.4, -0.2) is 24.2 Å². The Hall–Kier alpha value is -2.14. The van der Waals surface area contributed by atoms with Crippen LogP contribution in [0.25, 0.3) is 11.0 Å². The van der Waals surface area contributed by atoms with Crippen LogP contribution < -0.4 is 0 Å². The maximum Gasteiger partial charge on any atom is 0.140 e. The molecule has 20 heavy (non-hydrogen) atoms. The molecule has 3 aromatic rings. The van der Waals surface area contributed by atoms with Crippen LogP contribution in [0.15, 0.2) is 37.1 Å². The number of imidazole rings is 1. The fourth-order valence-corrected chi connectivity index (χ4v) is 2.54. The lowest BCUT2D eigenvalue weighted by Gasteiger charge is -2.12. The van der Waals surface area contributed by atoms with Gasteiger partial charge in [-0.2, -0.15) is 0 Å². The van der Waals surface area contributed by atoms with Crippen LogP contribution in [0.1, 0.15) is 31.1 Å². The van der Waals surface area contributed by atoms with E-state index in [0.29, 0.717) is 12.6 Å². The second-order valence-corrected chi connectivity index (χ2v) is 5.20. The van der Waals surface area contributed by atoms with Crippen molar-refractivity contribution in [2.45, 2.75) is 33.0 Å². The van der Waals surface area contributed by atoms with Gasteiger partial charge in [0.25, 0.3) is 0 Å². The minimum absolute atomic E-state index is 0.0264. The lowest BCUT2D eigenvalue weighted by molar-refractivity contribution is 0.283.